The zero-order valence-corrected chi connectivity index (χ0v) is 14.1. The number of H-pyrrole nitrogens is 1. The molecule has 1 aromatic heterocycles. The number of anilines is 1. The third kappa shape index (κ3) is 3.09. The van der Waals surface area contributed by atoms with E-state index in [1.54, 1.807) is 11.8 Å². The van der Waals surface area contributed by atoms with Crippen LogP contribution in [0.3, 0.4) is 0 Å². The maximum absolute atomic E-state index is 3.56. The summed E-state index contributed by atoms with van der Waals surface area (Å²) in [6, 6.07) is 19.4. The average molecular weight is 323 g/mol. The molecule has 0 radical (unpaired) electrons. The molecule has 2 aromatic carbocycles. The predicted octanol–water partition coefficient (Wildman–Crippen LogP) is 4.07. The molecule has 3 nitrogen and oxygen atoms in total. The first kappa shape index (κ1) is 14.7. The molecule has 3 aromatic rings. The van der Waals surface area contributed by atoms with Crippen molar-refractivity contribution in [3.05, 3.63) is 54.6 Å². The van der Waals surface area contributed by atoms with Gasteiger partial charge in [0.15, 0.2) is 0 Å². The van der Waals surface area contributed by atoms with Crippen molar-refractivity contribution in [2.24, 2.45) is 0 Å². The van der Waals surface area contributed by atoms with Crippen molar-refractivity contribution in [2.45, 2.75) is 9.92 Å². The highest BCUT2D eigenvalue weighted by atomic mass is 32.2. The van der Waals surface area contributed by atoms with Gasteiger partial charge in [0.1, 0.15) is 0 Å². The monoisotopic (exact) mass is 323 g/mol. The number of aromatic amines is 1. The minimum absolute atomic E-state index is 1.10. The van der Waals surface area contributed by atoms with Gasteiger partial charge >= 0.3 is 0 Å². The number of nitrogens with one attached hydrogen (secondary N) is 1. The molecular formula is C19H21N3S. The Morgan fingerprint density at radius 2 is 1.70 bits per heavy atom. The lowest BCUT2D eigenvalue weighted by Gasteiger charge is -2.34. The van der Waals surface area contributed by atoms with Gasteiger partial charge in [-0.1, -0.05) is 36.0 Å². The maximum Gasteiger partial charge on any atom is 0.0781 e. The summed E-state index contributed by atoms with van der Waals surface area (Å²) in [6.07, 6.45) is 0. The molecule has 1 fully saturated rings. The van der Waals surface area contributed by atoms with E-state index in [-0.39, 0.29) is 0 Å². The summed E-state index contributed by atoms with van der Waals surface area (Å²) in [6.45, 7) is 4.46. The molecule has 118 valence electrons. The second-order valence-corrected chi connectivity index (χ2v) is 7.19. The van der Waals surface area contributed by atoms with Crippen LogP contribution in [0.25, 0.3) is 10.9 Å². The van der Waals surface area contributed by atoms with E-state index >= 15 is 0 Å². The van der Waals surface area contributed by atoms with Gasteiger partial charge in [-0.3, -0.25) is 0 Å². The zero-order valence-electron chi connectivity index (χ0n) is 13.3. The molecule has 23 heavy (non-hydrogen) atoms. The van der Waals surface area contributed by atoms with Crippen molar-refractivity contribution >= 4 is 28.4 Å². The van der Waals surface area contributed by atoms with E-state index in [0.717, 1.165) is 26.2 Å². The smallest absolute Gasteiger partial charge is 0.0781 e. The Labute approximate surface area is 141 Å². The van der Waals surface area contributed by atoms with Crippen molar-refractivity contribution < 1.29 is 0 Å². The van der Waals surface area contributed by atoms with Crippen molar-refractivity contribution in [1.82, 2.24) is 9.88 Å². The van der Waals surface area contributed by atoms with Crippen LogP contribution in [0.5, 0.6) is 0 Å². The summed E-state index contributed by atoms with van der Waals surface area (Å²) in [4.78, 5) is 9.72. The fraction of sp³-hybridized carbons (Fsp3) is 0.263. The van der Waals surface area contributed by atoms with Crippen LogP contribution in [0.15, 0.2) is 64.5 Å². The number of piperazine rings is 1. The van der Waals surface area contributed by atoms with Gasteiger partial charge in [0.2, 0.25) is 0 Å². The number of aromatic nitrogens is 1. The molecule has 0 aliphatic carbocycles. The van der Waals surface area contributed by atoms with Crippen LogP contribution >= 0.6 is 11.8 Å². The van der Waals surface area contributed by atoms with Crippen LogP contribution in [0.1, 0.15) is 0 Å². The number of hydrogen-bond donors (Lipinski definition) is 1. The second-order valence-electron chi connectivity index (χ2n) is 6.08. The van der Waals surface area contributed by atoms with Gasteiger partial charge in [0.05, 0.1) is 5.03 Å². The molecule has 1 aliphatic heterocycles. The predicted molar refractivity (Wildman–Crippen MR) is 98.6 cm³/mol. The third-order valence-electron chi connectivity index (χ3n) is 4.43. The molecule has 1 N–H and O–H groups in total. The van der Waals surface area contributed by atoms with E-state index in [0.29, 0.717) is 0 Å². The molecule has 0 unspecified atom stereocenters. The SMILES string of the molecule is CN1CCN(c2cccc3[nH]c(Sc4ccccc4)cc23)CC1. The molecule has 0 bridgehead atoms. The number of rotatable bonds is 3. The molecule has 0 saturated carbocycles. The summed E-state index contributed by atoms with van der Waals surface area (Å²) < 4.78 is 0. The van der Waals surface area contributed by atoms with Gasteiger partial charge in [-0.05, 0) is 37.4 Å². The Balaban J connectivity index is 1.65. The van der Waals surface area contributed by atoms with Crippen molar-refractivity contribution in [1.29, 1.82) is 0 Å². The van der Waals surface area contributed by atoms with Crippen LogP contribution in [0.4, 0.5) is 5.69 Å². The van der Waals surface area contributed by atoms with E-state index in [2.05, 4.69) is 76.4 Å². The van der Waals surface area contributed by atoms with Crippen LogP contribution in [0.2, 0.25) is 0 Å². The number of likely N-dealkylation sites (N-methyl/N-ethyl adjacent to an activating group) is 1. The van der Waals surface area contributed by atoms with Crippen LogP contribution in [-0.2, 0) is 0 Å². The van der Waals surface area contributed by atoms with Gasteiger partial charge in [-0.25, -0.2) is 0 Å². The van der Waals surface area contributed by atoms with Crippen molar-refractivity contribution in [3.63, 3.8) is 0 Å². The van der Waals surface area contributed by atoms with E-state index in [1.165, 1.54) is 26.5 Å². The molecule has 0 amide bonds. The third-order valence-corrected chi connectivity index (χ3v) is 5.38. The highest BCUT2D eigenvalue weighted by molar-refractivity contribution is 7.99. The van der Waals surface area contributed by atoms with E-state index in [4.69, 9.17) is 0 Å². The Hall–Kier alpha value is -1.91. The quantitative estimate of drug-likeness (QED) is 0.785. The first-order chi connectivity index (χ1) is 11.3. The van der Waals surface area contributed by atoms with Gasteiger partial charge in [0, 0.05) is 47.7 Å². The van der Waals surface area contributed by atoms with Crippen LogP contribution < -0.4 is 4.90 Å². The number of fused-ring (bicyclic) bond motifs is 1. The minimum atomic E-state index is 1.10. The molecule has 4 rings (SSSR count). The first-order valence-electron chi connectivity index (χ1n) is 8.08. The van der Waals surface area contributed by atoms with E-state index < -0.39 is 0 Å². The molecule has 1 aliphatic rings. The largest absolute Gasteiger partial charge is 0.368 e. The van der Waals surface area contributed by atoms with Gasteiger partial charge in [0.25, 0.3) is 0 Å². The molecule has 0 atom stereocenters. The van der Waals surface area contributed by atoms with E-state index in [1.807, 2.05) is 0 Å². The molecule has 4 heteroatoms. The molecule has 2 heterocycles. The van der Waals surface area contributed by atoms with Gasteiger partial charge in [-0.2, -0.15) is 0 Å². The average Bonchev–Trinajstić information content (AvgIpc) is 2.99. The Bertz CT molecular complexity index is 789. The number of nitrogens with zero attached hydrogens (tertiary/aromatic N) is 2. The summed E-state index contributed by atoms with van der Waals surface area (Å²) >= 11 is 1.79. The first-order valence-corrected chi connectivity index (χ1v) is 8.89. The topological polar surface area (TPSA) is 22.3 Å². The van der Waals surface area contributed by atoms with Crippen molar-refractivity contribution in [2.75, 3.05) is 38.1 Å². The Morgan fingerprint density at radius 3 is 2.48 bits per heavy atom. The highest BCUT2D eigenvalue weighted by Gasteiger charge is 2.17. The lowest BCUT2D eigenvalue weighted by Crippen LogP contribution is -2.44. The summed E-state index contributed by atoms with van der Waals surface area (Å²) in [5.41, 5.74) is 2.58. The van der Waals surface area contributed by atoms with Crippen LogP contribution in [-0.4, -0.2) is 43.1 Å². The second kappa shape index (κ2) is 6.30. The minimum Gasteiger partial charge on any atom is -0.368 e. The number of hydrogen-bond acceptors (Lipinski definition) is 3. The maximum atomic E-state index is 3.56. The lowest BCUT2D eigenvalue weighted by atomic mass is 10.2. The summed E-state index contributed by atoms with van der Waals surface area (Å²) in [5, 5.41) is 2.53. The van der Waals surface area contributed by atoms with Gasteiger partial charge in [-0.15, -0.1) is 0 Å². The van der Waals surface area contributed by atoms with E-state index in [9.17, 15) is 0 Å². The van der Waals surface area contributed by atoms with Gasteiger partial charge < -0.3 is 14.8 Å². The zero-order chi connectivity index (χ0) is 15.6. The normalized spacial score (nSPS) is 16.1. The number of benzene rings is 2. The highest BCUT2D eigenvalue weighted by Crippen LogP contribution is 2.34. The Kier molecular flexibility index (Phi) is 4.02. The lowest BCUT2D eigenvalue weighted by molar-refractivity contribution is 0.313. The summed E-state index contributed by atoms with van der Waals surface area (Å²) in [5.74, 6) is 0. The molecular weight excluding hydrogens is 302 g/mol. The van der Waals surface area contributed by atoms with Crippen molar-refractivity contribution in [3.8, 4) is 0 Å². The molecule has 1 saturated heterocycles. The standard InChI is InChI=1S/C19H21N3S/c1-21-10-12-22(13-11-21)18-9-5-8-17-16(18)14-19(20-17)23-15-6-3-2-4-7-15/h2-9,14,20H,10-13H2,1H3. The fourth-order valence-corrected chi connectivity index (χ4v) is 3.99. The molecule has 0 spiro atoms. The van der Waals surface area contributed by atoms with Crippen LogP contribution in [0, 0.1) is 0 Å². The Morgan fingerprint density at radius 1 is 0.913 bits per heavy atom. The fourth-order valence-electron chi connectivity index (χ4n) is 3.11. The summed E-state index contributed by atoms with van der Waals surface area (Å²) in [7, 11) is 2.20.